The molecule has 4 heterocycles. The van der Waals surface area contributed by atoms with E-state index in [9.17, 15) is 14.4 Å². The van der Waals surface area contributed by atoms with Crippen molar-refractivity contribution in [3.63, 3.8) is 0 Å². The van der Waals surface area contributed by atoms with Crippen molar-refractivity contribution < 1.29 is 14.4 Å². The number of benzene rings is 1. The molecule has 1 N–H and O–H groups in total. The molecule has 1 saturated heterocycles. The van der Waals surface area contributed by atoms with Gasteiger partial charge in [0, 0.05) is 55.5 Å². The Labute approximate surface area is 173 Å². The Morgan fingerprint density at radius 3 is 2.50 bits per heavy atom. The van der Waals surface area contributed by atoms with E-state index >= 15 is 0 Å². The number of H-pyrrole nitrogens is 1. The molecule has 2 amide bonds. The third-order valence-electron chi connectivity index (χ3n) is 6.02. The molecule has 0 spiro atoms. The first-order chi connectivity index (χ1) is 14.6. The number of hydrogen-bond acceptors (Lipinski definition) is 4. The van der Waals surface area contributed by atoms with Crippen molar-refractivity contribution in [1.82, 2.24) is 24.6 Å². The summed E-state index contributed by atoms with van der Waals surface area (Å²) in [6.07, 6.45) is 4.77. The minimum Gasteiger partial charge on any atom is -0.360 e. The number of rotatable bonds is 3. The molecule has 0 aliphatic carbocycles. The number of fused-ring (bicyclic) bond motifs is 2. The van der Waals surface area contributed by atoms with Crippen LogP contribution in [0.5, 0.6) is 0 Å². The SMILES string of the molecule is O=C(C(=O)N1CCN(C(=O)c2cc3n(n2)CCCC3)CC1)c1c[nH]c2ccccc12. The summed E-state index contributed by atoms with van der Waals surface area (Å²) in [5.74, 6) is -1.15. The summed E-state index contributed by atoms with van der Waals surface area (Å²) in [5, 5.41) is 5.20. The summed E-state index contributed by atoms with van der Waals surface area (Å²) in [7, 11) is 0. The maximum absolute atomic E-state index is 12.8. The van der Waals surface area contributed by atoms with Gasteiger partial charge in [-0.15, -0.1) is 0 Å². The number of ketones is 1. The smallest absolute Gasteiger partial charge is 0.295 e. The molecule has 30 heavy (non-hydrogen) atoms. The van der Waals surface area contributed by atoms with Crippen LogP contribution in [0, 0.1) is 0 Å². The minimum absolute atomic E-state index is 0.105. The maximum atomic E-state index is 12.8. The molecule has 0 saturated carbocycles. The fourth-order valence-corrected chi connectivity index (χ4v) is 4.32. The highest BCUT2D eigenvalue weighted by Gasteiger charge is 2.31. The lowest BCUT2D eigenvalue weighted by Gasteiger charge is -2.34. The third kappa shape index (κ3) is 3.18. The van der Waals surface area contributed by atoms with Crippen molar-refractivity contribution in [3.8, 4) is 0 Å². The fourth-order valence-electron chi connectivity index (χ4n) is 4.32. The van der Waals surface area contributed by atoms with E-state index in [0.717, 1.165) is 42.4 Å². The molecule has 5 rings (SSSR count). The Morgan fingerprint density at radius 1 is 0.933 bits per heavy atom. The van der Waals surface area contributed by atoms with Gasteiger partial charge in [-0.05, 0) is 31.4 Å². The van der Waals surface area contributed by atoms with Gasteiger partial charge in [-0.25, -0.2) is 0 Å². The van der Waals surface area contributed by atoms with Crippen molar-refractivity contribution >= 4 is 28.5 Å². The summed E-state index contributed by atoms with van der Waals surface area (Å²) in [5.41, 5.74) is 2.80. The van der Waals surface area contributed by atoms with E-state index in [2.05, 4.69) is 10.1 Å². The van der Waals surface area contributed by atoms with E-state index in [1.807, 2.05) is 35.0 Å². The van der Waals surface area contributed by atoms with Gasteiger partial charge in [0.15, 0.2) is 5.69 Å². The maximum Gasteiger partial charge on any atom is 0.295 e. The average Bonchev–Trinajstić information content (AvgIpc) is 3.42. The van der Waals surface area contributed by atoms with Gasteiger partial charge in [0.05, 0.1) is 5.56 Å². The Hall–Kier alpha value is -3.42. The van der Waals surface area contributed by atoms with E-state index in [1.54, 1.807) is 11.1 Å². The summed E-state index contributed by atoms with van der Waals surface area (Å²) >= 11 is 0. The molecule has 2 aliphatic heterocycles. The van der Waals surface area contributed by atoms with Gasteiger partial charge in [0.1, 0.15) is 0 Å². The van der Waals surface area contributed by atoms with Crippen LogP contribution < -0.4 is 0 Å². The normalized spacial score (nSPS) is 16.5. The Morgan fingerprint density at radius 2 is 1.70 bits per heavy atom. The van der Waals surface area contributed by atoms with Gasteiger partial charge in [-0.2, -0.15) is 5.10 Å². The molecule has 1 aromatic carbocycles. The number of nitrogens with zero attached hydrogens (tertiary/aromatic N) is 4. The number of aromatic amines is 1. The highest BCUT2D eigenvalue weighted by molar-refractivity contribution is 6.44. The second-order valence-electron chi connectivity index (χ2n) is 7.86. The van der Waals surface area contributed by atoms with E-state index in [1.165, 1.54) is 4.90 Å². The van der Waals surface area contributed by atoms with Gasteiger partial charge in [-0.1, -0.05) is 18.2 Å². The van der Waals surface area contributed by atoms with Gasteiger partial charge in [0.25, 0.3) is 17.6 Å². The number of aryl methyl sites for hydroxylation is 2. The van der Waals surface area contributed by atoms with E-state index in [4.69, 9.17) is 0 Å². The minimum atomic E-state index is -0.524. The molecule has 8 heteroatoms. The molecule has 0 atom stereocenters. The van der Waals surface area contributed by atoms with Crippen LogP contribution in [0.2, 0.25) is 0 Å². The molecule has 3 aromatic rings. The van der Waals surface area contributed by atoms with Crippen molar-refractivity contribution in [2.24, 2.45) is 0 Å². The molecular weight excluding hydrogens is 382 g/mol. The quantitative estimate of drug-likeness (QED) is 0.532. The number of para-hydroxylation sites is 1. The highest BCUT2D eigenvalue weighted by atomic mass is 16.2. The van der Waals surface area contributed by atoms with Crippen molar-refractivity contribution in [2.75, 3.05) is 26.2 Å². The number of carbonyl (C=O) groups is 3. The molecule has 0 bridgehead atoms. The highest BCUT2D eigenvalue weighted by Crippen LogP contribution is 2.20. The largest absolute Gasteiger partial charge is 0.360 e. The zero-order valence-corrected chi connectivity index (χ0v) is 16.6. The van der Waals surface area contributed by atoms with Crippen LogP contribution in [-0.2, 0) is 17.8 Å². The first kappa shape index (κ1) is 18.6. The predicted octanol–water partition coefficient (Wildman–Crippen LogP) is 1.87. The predicted molar refractivity (Wildman–Crippen MR) is 110 cm³/mol. The van der Waals surface area contributed by atoms with Crippen molar-refractivity contribution in [3.05, 3.63) is 53.5 Å². The zero-order valence-electron chi connectivity index (χ0n) is 16.6. The lowest BCUT2D eigenvalue weighted by molar-refractivity contribution is -0.127. The second-order valence-corrected chi connectivity index (χ2v) is 7.86. The molecule has 0 unspecified atom stereocenters. The van der Waals surface area contributed by atoms with Gasteiger partial charge in [0.2, 0.25) is 0 Å². The Balaban J connectivity index is 1.24. The van der Waals surface area contributed by atoms with Crippen LogP contribution in [0.1, 0.15) is 39.4 Å². The number of piperazine rings is 1. The lowest BCUT2D eigenvalue weighted by Crippen LogP contribution is -2.52. The van der Waals surface area contributed by atoms with Crippen molar-refractivity contribution in [1.29, 1.82) is 0 Å². The number of Topliss-reactive ketones (excluding diaryl/α,β-unsaturated/α-hetero) is 1. The average molecular weight is 405 g/mol. The van der Waals surface area contributed by atoms with E-state index in [0.29, 0.717) is 37.4 Å². The van der Waals surface area contributed by atoms with Gasteiger partial charge in [-0.3, -0.25) is 19.1 Å². The first-order valence-electron chi connectivity index (χ1n) is 10.4. The van der Waals surface area contributed by atoms with Gasteiger partial charge < -0.3 is 14.8 Å². The van der Waals surface area contributed by atoms with E-state index in [-0.39, 0.29) is 5.91 Å². The fraction of sp³-hybridized carbons (Fsp3) is 0.364. The molecule has 8 nitrogen and oxygen atoms in total. The molecule has 2 aliphatic rings. The molecule has 0 radical (unpaired) electrons. The van der Waals surface area contributed by atoms with Crippen LogP contribution in [0.15, 0.2) is 36.5 Å². The third-order valence-corrected chi connectivity index (χ3v) is 6.02. The Bertz CT molecular complexity index is 1110. The summed E-state index contributed by atoms with van der Waals surface area (Å²) < 4.78 is 1.93. The second kappa shape index (κ2) is 7.44. The van der Waals surface area contributed by atoms with E-state index < -0.39 is 11.7 Å². The summed E-state index contributed by atoms with van der Waals surface area (Å²) in [6, 6.07) is 9.30. The number of amides is 2. The van der Waals surface area contributed by atoms with Crippen LogP contribution in [0.3, 0.4) is 0 Å². The van der Waals surface area contributed by atoms with Crippen LogP contribution >= 0.6 is 0 Å². The van der Waals surface area contributed by atoms with Crippen LogP contribution in [0.25, 0.3) is 10.9 Å². The van der Waals surface area contributed by atoms with Crippen molar-refractivity contribution in [2.45, 2.75) is 25.8 Å². The first-order valence-corrected chi connectivity index (χ1v) is 10.4. The molecule has 2 aromatic heterocycles. The number of nitrogens with one attached hydrogen (secondary N) is 1. The number of hydrogen-bond donors (Lipinski definition) is 1. The summed E-state index contributed by atoms with van der Waals surface area (Å²) in [4.78, 5) is 44.6. The van der Waals surface area contributed by atoms with Crippen LogP contribution in [0.4, 0.5) is 0 Å². The number of carbonyl (C=O) groups excluding carboxylic acids is 3. The monoisotopic (exact) mass is 405 g/mol. The standard InChI is InChI=1S/C22H23N5O3/c28-20(17-14-23-18-7-2-1-6-16(17)18)22(30)26-11-9-25(10-12-26)21(29)19-13-15-5-3-4-8-27(15)24-19/h1-2,6-7,13-14,23H,3-5,8-12H2. The summed E-state index contributed by atoms with van der Waals surface area (Å²) in [6.45, 7) is 2.33. The molecule has 154 valence electrons. The Kier molecular flexibility index (Phi) is 4.61. The van der Waals surface area contributed by atoms with Gasteiger partial charge >= 0.3 is 0 Å². The lowest BCUT2D eigenvalue weighted by atomic mass is 10.1. The molecular formula is C22H23N5O3. The number of aromatic nitrogens is 3. The molecule has 1 fully saturated rings. The topological polar surface area (TPSA) is 91.3 Å². The van der Waals surface area contributed by atoms with Crippen LogP contribution in [-0.4, -0.2) is 68.3 Å². The zero-order chi connectivity index (χ0) is 20.7.